The molecule has 3 aliphatic heterocycles. The number of ether oxygens (including phenoxy) is 1. The third-order valence-electron chi connectivity index (χ3n) is 6.75. The molecule has 174 valence electrons. The second-order valence-corrected chi connectivity index (χ2v) is 8.81. The fourth-order valence-corrected chi connectivity index (χ4v) is 4.99. The van der Waals surface area contributed by atoms with Crippen molar-refractivity contribution in [1.82, 2.24) is 24.8 Å². The van der Waals surface area contributed by atoms with E-state index in [1.54, 1.807) is 12.3 Å². The molecule has 0 spiro atoms. The van der Waals surface area contributed by atoms with E-state index in [2.05, 4.69) is 33.5 Å². The van der Waals surface area contributed by atoms with Gasteiger partial charge in [0.2, 0.25) is 11.8 Å². The molecule has 9 heteroatoms. The van der Waals surface area contributed by atoms with Crippen LogP contribution >= 0.6 is 0 Å². The maximum atomic E-state index is 13.2. The van der Waals surface area contributed by atoms with E-state index in [4.69, 9.17) is 9.72 Å². The number of anilines is 1. The number of rotatable bonds is 5. The summed E-state index contributed by atoms with van der Waals surface area (Å²) in [5.74, 6) is 1.86. The van der Waals surface area contributed by atoms with Gasteiger partial charge in [0.15, 0.2) is 5.65 Å². The van der Waals surface area contributed by atoms with Crippen molar-refractivity contribution >= 4 is 23.3 Å². The highest BCUT2D eigenvalue weighted by Crippen LogP contribution is 2.32. The van der Waals surface area contributed by atoms with Gasteiger partial charge in [0.25, 0.3) is 0 Å². The van der Waals surface area contributed by atoms with Gasteiger partial charge in [-0.05, 0) is 19.0 Å². The maximum Gasteiger partial charge on any atom is 0.229 e. The number of hydrogen-bond donors (Lipinski definition) is 1. The number of piperidine rings is 1. The quantitative estimate of drug-likeness (QED) is 0.551. The Morgan fingerprint density at radius 3 is 2.76 bits per heavy atom. The summed E-state index contributed by atoms with van der Waals surface area (Å²) >= 11 is 0. The van der Waals surface area contributed by atoms with E-state index >= 15 is 0 Å². The number of hydrogen-bond acceptors (Lipinski definition) is 7. The molecule has 2 aromatic heterocycles. The van der Waals surface area contributed by atoms with Crippen molar-refractivity contribution in [2.75, 3.05) is 44.2 Å². The fourth-order valence-electron chi connectivity index (χ4n) is 4.99. The van der Waals surface area contributed by atoms with Crippen LogP contribution in [0, 0.1) is 5.92 Å². The molecule has 2 aromatic rings. The summed E-state index contributed by atoms with van der Waals surface area (Å²) in [7, 11) is 0. The molecular formula is C24H31N7O2. The predicted octanol–water partition coefficient (Wildman–Crippen LogP) is 1.59. The second-order valence-electron chi connectivity index (χ2n) is 8.81. The van der Waals surface area contributed by atoms with Crippen molar-refractivity contribution in [3.05, 3.63) is 49.0 Å². The van der Waals surface area contributed by atoms with Crippen LogP contribution in [0.3, 0.4) is 0 Å². The molecular weight excluding hydrogens is 418 g/mol. The Kier molecular flexibility index (Phi) is 6.13. The van der Waals surface area contributed by atoms with E-state index in [-0.39, 0.29) is 17.9 Å². The maximum absolute atomic E-state index is 13.2. The molecule has 3 aliphatic rings. The van der Waals surface area contributed by atoms with Crippen molar-refractivity contribution in [2.45, 2.75) is 31.8 Å². The van der Waals surface area contributed by atoms with E-state index < -0.39 is 0 Å². The average Bonchev–Trinajstić information content (AvgIpc) is 3.14. The summed E-state index contributed by atoms with van der Waals surface area (Å²) in [4.78, 5) is 26.4. The Hall–Kier alpha value is -3.20. The molecule has 1 amide bonds. The lowest BCUT2D eigenvalue weighted by atomic mass is 9.95. The zero-order valence-corrected chi connectivity index (χ0v) is 18.9. The molecule has 33 heavy (non-hydrogen) atoms. The van der Waals surface area contributed by atoms with Crippen molar-refractivity contribution < 1.29 is 9.53 Å². The number of fused-ring (bicyclic) bond motifs is 2. The summed E-state index contributed by atoms with van der Waals surface area (Å²) < 4.78 is 7.81. The molecule has 0 atom stereocenters. The average molecular weight is 450 g/mol. The highest BCUT2D eigenvalue weighted by molar-refractivity contribution is 5.87. The van der Waals surface area contributed by atoms with E-state index in [0.717, 1.165) is 69.0 Å². The number of nitrogens with zero attached hydrogens (tertiary/aromatic N) is 6. The Bertz CT molecular complexity index is 1080. The third kappa shape index (κ3) is 4.25. The number of amides is 1. The van der Waals surface area contributed by atoms with Gasteiger partial charge < -0.3 is 19.9 Å². The van der Waals surface area contributed by atoms with Crippen LogP contribution in [0.4, 0.5) is 5.82 Å². The van der Waals surface area contributed by atoms with Crippen LogP contribution in [0.15, 0.2) is 42.7 Å². The summed E-state index contributed by atoms with van der Waals surface area (Å²) in [6.45, 7) is 12.1. The summed E-state index contributed by atoms with van der Waals surface area (Å²) in [5, 5.41) is 7.99. The van der Waals surface area contributed by atoms with E-state index in [0.29, 0.717) is 19.0 Å². The van der Waals surface area contributed by atoms with Gasteiger partial charge in [0.05, 0.1) is 17.8 Å². The number of aromatic nitrogens is 3. The van der Waals surface area contributed by atoms with Crippen LogP contribution in [0.25, 0.3) is 5.65 Å². The smallest absolute Gasteiger partial charge is 0.229 e. The van der Waals surface area contributed by atoms with E-state index in [1.165, 1.54) is 11.8 Å². The first kappa shape index (κ1) is 21.6. The fraction of sp³-hybridized carbons (Fsp3) is 0.500. The summed E-state index contributed by atoms with van der Waals surface area (Å²) in [5.41, 5.74) is 3.29. The molecule has 2 fully saturated rings. The highest BCUT2D eigenvalue weighted by atomic mass is 16.5. The first-order valence-corrected chi connectivity index (χ1v) is 11.8. The van der Waals surface area contributed by atoms with Gasteiger partial charge >= 0.3 is 0 Å². The number of likely N-dealkylation sites (tertiary alicyclic amines) is 1. The lowest BCUT2D eigenvalue weighted by Crippen LogP contribution is -2.56. The van der Waals surface area contributed by atoms with Crippen molar-refractivity contribution in [3.8, 4) is 0 Å². The molecule has 0 unspecified atom stereocenters. The molecule has 5 heterocycles. The zero-order chi connectivity index (χ0) is 22.8. The van der Waals surface area contributed by atoms with Crippen molar-refractivity contribution in [2.24, 2.45) is 10.9 Å². The van der Waals surface area contributed by atoms with Crippen LogP contribution in [0.1, 0.15) is 24.1 Å². The van der Waals surface area contributed by atoms with Gasteiger partial charge in [0.1, 0.15) is 11.9 Å². The summed E-state index contributed by atoms with van der Waals surface area (Å²) in [6.07, 6.45) is 8.34. The standard InChI is InChI=1S/C24H31N7O2/c1-3-22(26-4-2)33-18-8-13-29(14-9-18)24(32)17-15-30(16-17)23-19-5-10-25-11-6-20(19)28-21-7-12-27-31(21)23/h3-4,7,12,17-18,25H,1-2,5-6,8-11,13-16H2. The normalized spacial score (nSPS) is 20.2. The molecule has 0 saturated carbocycles. The minimum atomic E-state index is 0.0202. The van der Waals surface area contributed by atoms with Gasteiger partial charge in [-0.1, -0.05) is 13.2 Å². The number of aliphatic imine (C=N–C) groups is 1. The first-order valence-electron chi connectivity index (χ1n) is 11.8. The molecule has 9 nitrogen and oxygen atoms in total. The highest BCUT2D eigenvalue weighted by Gasteiger charge is 2.39. The third-order valence-corrected chi connectivity index (χ3v) is 6.75. The van der Waals surface area contributed by atoms with Crippen molar-refractivity contribution in [1.29, 1.82) is 0 Å². The second kappa shape index (κ2) is 9.35. The first-order chi connectivity index (χ1) is 16.2. The van der Waals surface area contributed by atoms with Gasteiger partial charge in [-0.2, -0.15) is 9.61 Å². The number of carbonyl (C=O) groups is 1. The molecule has 0 bridgehead atoms. The summed E-state index contributed by atoms with van der Waals surface area (Å²) in [6, 6.07) is 1.95. The molecule has 0 aromatic carbocycles. The van der Waals surface area contributed by atoms with Crippen molar-refractivity contribution in [3.63, 3.8) is 0 Å². The minimum absolute atomic E-state index is 0.0202. The van der Waals surface area contributed by atoms with Gasteiger partial charge in [-0.25, -0.2) is 9.98 Å². The Morgan fingerprint density at radius 1 is 1.21 bits per heavy atom. The van der Waals surface area contributed by atoms with Crippen LogP contribution in [-0.4, -0.2) is 76.7 Å². The SMILES string of the molecule is C=CN=C(C=C)OC1CCN(C(=O)C2CN(c3c4c(nc5ccnn35)CCNCC4)C2)CC1. The predicted molar refractivity (Wildman–Crippen MR) is 127 cm³/mol. The zero-order valence-electron chi connectivity index (χ0n) is 18.9. The van der Waals surface area contributed by atoms with Crippen LogP contribution in [0.2, 0.25) is 0 Å². The van der Waals surface area contributed by atoms with E-state index in [1.807, 2.05) is 15.5 Å². The molecule has 2 saturated heterocycles. The Morgan fingerprint density at radius 2 is 2.00 bits per heavy atom. The van der Waals surface area contributed by atoms with Gasteiger partial charge in [-0.15, -0.1) is 0 Å². The number of nitrogens with one attached hydrogen (secondary N) is 1. The largest absolute Gasteiger partial charge is 0.474 e. The molecule has 1 N–H and O–H groups in total. The molecule has 0 aliphatic carbocycles. The van der Waals surface area contributed by atoms with Gasteiger partial charge in [-0.3, -0.25) is 4.79 Å². The molecule has 5 rings (SSSR count). The lowest BCUT2D eigenvalue weighted by Gasteiger charge is -2.43. The monoisotopic (exact) mass is 449 g/mol. The Balaban J connectivity index is 1.22. The van der Waals surface area contributed by atoms with Crippen LogP contribution in [0.5, 0.6) is 0 Å². The minimum Gasteiger partial charge on any atom is -0.474 e. The molecule has 0 radical (unpaired) electrons. The van der Waals surface area contributed by atoms with Crippen LogP contribution in [-0.2, 0) is 22.4 Å². The Labute approximate surface area is 193 Å². The topological polar surface area (TPSA) is 87.4 Å². The van der Waals surface area contributed by atoms with E-state index in [9.17, 15) is 4.79 Å². The number of carbonyl (C=O) groups excluding carboxylic acids is 1. The lowest BCUT2D eigenvalue weighted by molar-refractivity contribution is -0.138. The van der Waals surface area contributed by atoms with Gasteiger partial charge in [0, 0.05) is 69.8 Å². The van der Waals surface area contributed by atoms with Crippen LogP contribution < -0.4 is 10.2 Å².